The number of carbonyl (C=O) groups is 2. The molecule has 2 aliphatic rings. The van der Waals surface area contributed by atoms with Crippen molar-refractivity contribution >= 4 is 63.7 Å². The molecule has 1 atom stereocenters. The molecule has 4 rings (SSSR count). The van der Waals surface area contributed by atoms with Crippen LogP contribution in [0.2, 0.25) is 10.2 Å². The molecular weight excluding hydrogens is 431 g/mol. The number of fused-ring (bicyclic) bond motifs is 1. The molecule has 0 spiro atoms. The van der Waals surface area contributed by atoms with Crippen LogP contribution in [0.3, 0.4) is 0 Å². The van der Waals surface area contributed by atoms with Crippen molar-refractivity contribution in [1.82, 2.24) is 9.88 Å². The number of thiocarbonyl (C=S) groups is 1. The first-order valence-electron chi connectivity index (χ1n) is 9.21. The number of nitrogens with one attached hydrogen (secondary N) is 1. The van der Waals surface area contributed by atoms with Crippen molar-refractivity contribution in [2.24, 2.45) is 0 Å². The number of nitrogens with zero attached hydrogens (tertiary/aromatic N) is 3. The summed E-state index contributed by atoms with van der Waals surface area (Å²) in [5, 5.41) is 3.76. The molecule has 150 valence electrons. The predicted octanol–water partition coefficient (Wildman–Crippen LogP) is 4.52. The smallest absolute Gasteiger partial charge is 0.274 e. The number of pyridine rings is 1. The highest BCUT2D eigenvalue weighted by Gasteiger charge is 2.53. The minimum Gasteiger partial charge on any atom is -0.334 e. The predicted molar refractivity (Wildman–Crippen MR) is 118 cm³/mol. The lowest BCUT2D eigenvalue weighted by Crippen LogP contribution is -2.49. The molecular formula is C20H18Cl2N4O2S. The number of rotatable bonds is 3. The molecule has 2 fully saturated rings. The minimum atomic E-state index is -0.621. The molecule has 1 N–H and O–H groups in total. The number of piperidine rings is 1. The van der Waals surface area contributed by atoms with Gasteiger partial charge in [-0.05, 0) is 68.7 Å². The van der Waals surface area contributed by atoms with Crippen molar-refractivity contribution in [3.63, 3.8) is 0 Å². The van der Waals surface area contributed by atoms with Crippen molar-refractivity contribution in [3.05, 3.63) is 52.3 Å². The van der Waals surface area contributed by atoms with Crippen molar-refractivity contribution in [2.75, 3.05) is 16.8 Å². The lowest BCUT2D eigenvalue weighted by Gasteiger charge is -2.36. The third-order valence-electron chi connectivity index (χ3n) is 5.37. The van der Waals surface area contributed by atoms with E-state index in [9.17, 15) is 9.59 Å². The zero-order chi connectivity index (χ0) is 20.8. The van der Waals surface area contributed by atoms with Gasteiger partial charge in [-0.15, -0.1) is 0 Å². The Labute approximate surface area is 183 Å². The number of halogens is 2. The maximum absolute atomic E-state index is 13.2. The van der Waals surface area contributed by atoms with Gasteiger partial charge >= 0.3 is 0 Å². The fourth-order valence-electron chi connectivity index (χ4n) is 3.81. The van der Waals surface area contributed by atoms with Crippen molar-refractivity contribution in [1.29, 1.82) is 0 Å². The molecule has 2 amide bonds. The van der Waals surface area contributed by atoms with Crippen LogP contribution in [0.1, 0.15) is 36.7 Å². The Morgan fingerprint density at radius 2 is 2.03 bits per heavy atom. The topological polar surface area (TPSA) is 65.5 Å². The third-order valence-corrected chi connectivity index (χ3v) is 6.29. The number of aromatic nitrogens is 1. The van der Waals surface area contributed by atoms with Crippen LogP contribution >= 0.6 is 35.4 Å². The highest BCUT2D eigenvalue weighted by atomic mass is 35.5. The van der Waals surface area contributed by atoms with Gasteiger partial charge in [0.2, 0.25) is 0 Å². The number of amides is 2. The Bertz CT molecular complexity index is 1030. The summed E-state index contributed by atoms with van der Waals surface area (Å²) in [6.45, 7) is 2.69. The van der Waals surface area contributed by atoms with Gasteiger partial charge in [0.1, 0.15) is 16.4 Å². The molecule has 0 aliphatic carbocycles. The van der Waals surface area contributed by atoms with E-state index in [2.05, 4.69) is 10.3 Å². The van der Waals surface area contributed by atoms with E-state index in [-0.39, 0.29) is 16.8 Å². The minimum absolute atomic E-state index is 0.0657. The normalized spacial score (nSPS) is 21.3. The SMILES string of the molecule is CC12CCCCN1C(=S)N(c1ccc(NC(=O)c3cccc(Cl)n3)cc1Cl)C2=O. The summed E-state index contributed by atoms with van der Waals surface area (Å²) in [7, 11) is 0. The second-order valence-corrected chi connectivity index (χ2v) is 8.43. The lowest BCUT2D eigenvalue weighted by molar-refractivity contribution is -0.125. The molecule has 9 heteroatoms. The van der Waals surface area contributed by atoms with E-state index in [1.165, 1.54) is 4.90 Å². The summed E-state index contributed by atoms with van der Waals surface area (Å²) in [5.74, 6) is -0.474. The van der Waals surface area contributed by atoms with Crippen LogP contribution in [-0.4, -0.2) is 38.9 Å². The summed E-state index contributed by atoms with van der Waals surface area (Å²) >= 11 is 17.9. The fraction of sp³-hybridized carbons (Fsp3) is 0.300. The molecule has 2 saturated heterocycles. The summed E-state index contributed by atoms with van der Waals surface area (Å²) in [6.07, 6.45) is 2.76. The first-order valence-corrected chi connectivity index (χ1v) is 10.4. The van der Waals surface area contributed by atoms with E-state index in [1.54, 1.807) is 36.4 Å². The largest absolute Gasteiger partial charge is 0.334 e. The van der Waals surface area contributed by atoms with E-state index in [0.29, 0.717) is 21.5 Å². The number of carbonyl (C=O) groups excluding carboxylic acids is 2. The highest BCUT2D eigenvalue weighted by Crippen LogP contribution is 2.41. The Balaban J connectivity index is 1.58. The first-order chi connectivity index (χ1) is 13.8. The van der Waals surface area contributed by atoms with Crippen molar-refractivity contribution < 1.29 is 9.59 Å². The standard InChI is InChI=1S/C20H18Cl2N4O2S/c1-20-9-2-3-10-25(20)19(29)26(18(20)28)15-8-7-12(11-13(15)21)23-17(27)14-5-4-6-16(22)24-14/h4-8,11H,2-3,9-10H2,1H3,(H,23,27). The van der Waals surface area contributed by atoms with Gasteiger partial charge in [-0.1, -0.05) is 29.3 Å². The molecule has 0 saturated carbocycles. The molecule has 0 radical (unpaired) electrons. The van der Waals surface area contributed by atoms with Gasteiger partial charge in [0.25, 0.3) is 11.8 Å². The van der Waals surface area contributed by atoms with Gasteiger partial charge in [0.05, 0.1) is 10.7 Å². The van der Waals surface area contributed by atoms with E-state index in [0.717, 1.165) is 25.8 Å². The second-order valence-electron chi connectivity index (χ2n) is 7.27. The molecule has 1 aromatic carbocycles. The van der Waals surface area contributed by atoms with Gasteiger partial charge in [-0.2, -0.15) is 0 Å². The van der Waals surface area contributed by atoms with Crippen LogP contribution in [0.25, 0.3) is 0 Å². The van der Waals surface area contributed by atoms with E-state index < -0.39 is 11.4 Å². The zero-order valence-electron chi connectivity index (χ0n) is 15.6. The molecule has 2 aromatic rings. The molecule has 1 aromatic heterocycles. The van der Waals surface area contributed by atoms with Crippen LogP contribution in [0, 0.1) is 0 Å². The molecule has 29 heavy (non-hydrogen) atoms. The molecule has 0 bridgehead atoms. The van der Waals surface area contributed by atoms with Gasteiger partial charge < -0.3 is 10.2 Å². The molecule has 6 nitrogen and oxygen atoms in total. The first kappa shape index (κ1) is 20.1. The summed E-state index contributed by atoms with van der Waals surface area (Å²) < 4.78 is 0. The maximum Gasteiger partial charge on any atom is 0.274 e. The van der Waals surface area contributed by atoms with Gasteiger partial charge in [0, 0.05) is 12.2 Å². The quantitative estimate of drug-likeness (QED) is 0.552. The molecule has 1 unspecified atom stereocenters. The Morgan fingerprint density at radius 1 is 1.24 bits per heavy atom. The molecule has 2 aliphatic heterocycles. The van der Waals surface area contributed by atoms with E-state index in [4.69, 9.17) is 35.4 Å². The van der Waals surface area contributed by atoms with Gasteiger partial charge in [-0.25, -0.2) is 4.98 Å². The monoisotopic (exact) mass is 448 g/mol. The van der Waals surface area contributed by atoms with Gasteiger partial charge in [0.15, 0.2) is 5.11 Å². The third kappa shape index (κ3) is 3.47. The van der Waals surface area contributed by atoms with Gasteiger partial charge in [-0.3, -0.25) is 14.5 Å². The van der Waals surface area contributed by atoms with Crippen LogP contribution in [0.15, 0.2) is 36.4 Å². The van der Waals surface area contributed by atoms with Crippen molar-refractivity contribution in [3.8, 4) is 0 Å². The maximum atomic E-state index is 13.2. The number of hydrogen-bond donors (Lipinski definition) is 1. The van der Waals surface area contributed by atoms with Crippen LogP contribution in [0.4, 0.5) is 11.4 Å². The average molecular weight is 449 g/mol. The van der Waals surface area contributed by atoms with E-state index >= 15 is 0 Å². The Morgan fingerprint density at radius 3 is 2.72 bits per heavy atom. The summed E-state index contributed by atoms with van der Waals surface area (Å²) in [6, 6.07) is 9.77. The average Bonchev–Trinajstić information content (AvgIpc) is 2.88. The Hall–Kier alpha value is -2.22. The summed E-state index contributed by atoms with van der Waals surface area (Å²) in [4.78, 5) is 33.0. The fourth-order valence-corrected chi connectivity index (χ4v) is 4.71. The number of benzene rings is 1. The molecule has 3 heterocycles. The van der Waals surface area contributed by atoms with Crippen LogP contribution in [-0.2, 0) is 4.79 Å². The van der Waals surface area contributed by atoms with E-state index in [1.807, 2.05) is 11.8 Å². The van der Waals surface area contributed by atoms with Crippen LogP contribution < -0.4 is 10.2 Å². The highest BCUT2D eigenvalue weighted by molar-refractivity contribution is 7.80. The summed E-state index contributed by atoms with van der Waals surface area (Å²) in [5.41, 5.74) is 0.561. The van der Waals surface area contributed by atoms with Crippen LogP contribution in [0.5, 0.6) is 0 Å². The second kappa shape index (κ2) is 7.55. The Kier molecular flexibility index (Phi) is 5.23. The zero-order valence-corrected chi connectivity index (χ0v) is 17.9. The number of hydrogen-bond acceptors (Lipinski definition) is 4. The lowest BCUT2D eigenvalue weighted by atomic mass is 9.89. The van der Waals surface area contributed by atoms with Crippen molar-refractivity contribution in [2.45, 2.75) is 31.7 Å². The number of anilines is 2.